The minimum atomic E-state index is 0.0402. The standard InChI is InChI=1S/C15H23N5O/c1-10-9-12(14(16)19-21)18-15(17-10)20-8-4-7-13(20)11-5-2-3-6-11/h9,11,13,21H,2-8H2,1H3,(H2,16,19). The number of hydrogen-bond acceptors (Lipinski definition) is 5. The third-order valence-corrected chi connectivity index (χ3v) is 4.71. The van der Waals surface area contributed by atoms with Crippen LogP contribution in [0.2, 0.25) is 0 Å². The lowest BCUT2D eigenvalue weighted by molar-refractivity contribution is 0.318. The number of amidine groups is 1. The molecule has 1 aromatic rings. The molecule has 3 rings (SSSR count). The van der Waals surface area contributed by atoms with E-state index in [2.05, 4.69) is 20.0 Å². The van der Waals surface area contributed by atoms with Crippen molar-refractivity contribution in [3.63, 3.8) is 0 Å². The quantitative estimate of drug-likeness (QED) is 0.385. The summed E-state index contributed by atoms with van der Waals surface area (Å²) in [6.07, 6.45) is 7.75. The van der Waals surface area contributed by atoms with E-state index in [1.807, 2.05) is 6.92 Å². The van der Waals surface area contributed by atoms with E-state index < -0.39 is 0 Å². The average Bonchev–Trinajstić information content (AvgIpc) is 3.15. The molecule has 1 aromatic heterocycles. The highest BCUT2D eigenvalue weighted by molar-refractivity contribution is 5.95. The van der Waals surface area contributed by atoms with Crippen molar-refractivity contribution in [3.8, 4) is 0 Å². The molecule has 1 saturated heterocycles. The van der Waals surface area contributed by atoms with Crippen molar-refractivity contribution in [1.82, 2.24) is 9.97 Å². The number of aryl methyl sites for hydroxylation is 1. The topological polar surface area (TPSA) is 87.6 Å². The lowest BCUT2D eigenvalue weighted by Gasteiger charge is -2.29. The maximum atomic E-state index is 8.85. The molecule has 2 heterocycles. The summed E-state index contributed by atoms with van der Waals surface area (Å²) in [5, 5.41) is 11.9. The number of rotatable bonds is 3. The highest BCUT2D eigenvalue weighted by Crippen LogP contribution is 2.36. The first-order valence-corrected chi connectivity index (χ1v) is 7.79. The number of hydrogen-bond donors (Lipinski definition) is 2. The molecular weight excluding hydrogens is 266 g/mol. The predicted molar refractivity (Wildman–Crippen MR) is 81.6 cm³/mol. The van der Waals surface area contributed by atoms with Crippen LogP contribution in [0, 0.1) is 12.8 Å². The van der Waals surface area contributed by atoms with Crippen molar-refractivity contribution in [1.29, 1.82) is 0 Å². The van der Waals surface area contributed by atoms with Gasteiger partial charge in [-0.3, -0.25) is 0 Å². The first-order chi connectivity index (χ1) is 10.2. The molecule has 114 valence electrons. The van der Waals surface area contributed by atoms with E-state index in [1.54, 1.807) is 6.07 Å². The molecule has 1 atom stereocenters. The Kier molecular flexibility index (Phi) is 3.94. The van der Waals surface area contributed by atoms with Gasteiger partial charge in [-0.05, 0) is 44.6 Å². The van der Waals surface area contributed by atoms with Crippen LogP contribution in [0.25, 0.3) is 0 Å². The van der Waals surface area contributed by atoms with Crippen LogP contribution in [0.1, 0.15) is 49.9 Å². The molecule has 0 amide bonds. The Morgan fingerprint density at radius 3 is 2.76 bits per heavy atom. The molecule has 0 radical (unpaired) electrons. The van der Waals surface area contributed by atoms with Crippen LogP contribution in [-0.4, -0.2) is 33.6 Å². The molecule has 1 saturated carbocycles. The summed E-state index contributed by atoms with van der Waals surface area (Å²) >= 11 is 0. The summed E-state index contributed by atoms with van der Waals surface area (Å²) in [5.74, 6) is 1.54. The Morgan fingerprint density at radius 1 is 1.29 bits per heavy atom. The zero-order chi connectivity index (χ0) is 14.8. The largest absolute Gasteiger partial charge is 0.409 e. The van der Waals surface area contributed by atoms with Crippen LogP contribution in [0.5, 0.6) is 0 Å². The second-order valence-electron chi connectivity index (χ2n) is 6.13. The summed E-state index contributed by atoms with van der Waals surface area (Å²) in [6.45, 7) is 2.92. The molecule has 0 bridgehead atoms. The van der Waals surface area contributed by atoms with Gasteiger partial charge in [-0.15, -0.1) is 0 Å². The first kappa shape index (κ1) is 14.1. The molecular formula is C15H23N5O. The predicted octanol–water partition coefficient (Wildman–Crippen LogP) is 2.04. The smallest absolute Gasteiger partial charge is 0.226 e. The van der Waals surface area contributed by atoms with Crippen molar-refractivity contribution in [2.24, 2.45) is 16.8 Å². The van der Waals surface area contributed by atoms with Gasteiger partial charge in [0.15, 0.2) is 5.84 Å². The summed E-state index contributed by atoms with van der Waals surface area (Å²) < 4.78 is 0. The second kappa shape index (κ2) is 5.87. The van der Waals surface area contributed by atoms with Gasteiger partial charge >= 0.3 is 0 Å². The van der Waals surface area contributed by atoms with E-state index >= 15 is 0 Å². The first-order valence-electron chi connectivity index (χ1n) is 7.79. The molecule has 3 N–H and O–H groups in total. The average molecular weight is 289 g/mol. The van der Waals surface area contributed by atoms with Crippen LogP contribution >= 0.6 is 0 Å². The van der Waals surface area contributed by atoms with E-state index in [9.17, 15) is 0 Å². The van der Waals surface area contributed by atoms with Crippen LogP contribution in [0.15, 0.2) is 11.2 Å². The zero-order valence-corrected chi connectivity index (χ0v) is 12.5. The lowest BCUT2D eigenvalue weighted by atomic mass is 9.96. The van der Waals surface area contributed by atoms with Gasteiger partial charge in [-0.25, -0.2) is 9.97 Å². The molecule has 0 spiro atoms. The van der Waals surface area contributed by atoms with E-state index in [0.29, 0.717) is 11.7 Å². The number of nitrogens with two attached hydrogens (primary N) is 1. The van der Waals surface area contributed by atoms with Gasteiger partial charge in [0.05, 0.1) is 0 Å². The lowest BCUT2D eigenvalue weighted by Crippen LogP contribution is -2.36. The van der Waals surface area contributed by atoms with Crippen molar-refractivity contribution in [2.75, 3.05) is 11.4 Å². The fourth-order valence-corrected chi connectivity index (χ4v) is 3.74. The van der Waals surface area contributed by atoms with Crippen LogP contribution in [0.3, 0.4) is 0 Å². The number of oxime groups is 1. The highest BCUT2D eigenvalue weighted by atomic mass is 16.4. The molecule has 0 aromatic carbocycles. The third kappa shape index (κ3) is 2.80. The minimum Gasteiger partial charge on any atom is -0.409 e. The van der Waals surface area contributed by atoms with Gasteiger partial charge < -0.3 is 15.8 Å². The molecule has 1 unspecified atom stereocenters. The zero-order valence-electron chi connectivity index (χ0n) is 12.5. The van der Waals surface area contributed by atoms with Gasteiger partial charge in [0.2, 0.25) is 5.95 Å². The fourth-order valence-electron chi connectivity index (χ4n) is 3.74. The Hall–Kier alpha value is -1.85. The van der Waals surface area contributed by atoms with E-state index in [1.165, 1.54) is 38.5 Å². The fraction of sp³-hybridized carbons (Fsp3) is 0.667. The molecule has 6 heteroatoms. The van der Waals surface area contributed by atoms with Crippen LogP contribution in [0.4, 0.5) is 5.95 Å². The molecule has 1 aliphatic carbocycles. The number of aromatic nitrogens is 2. The maximum absolute atomic E-state index is 8.85. The monoisotopic (exact) mass is 289 g/mol. The van der Waals surface area contributed by atoms with Crippen LogP contribution < -0.4 is 10.6 Å². The molecule has 2 fully saturated rings. The maximum Gasteiger partial charge on any atom is 0.226 e. The van der Waals surface area contributed by atoms with E-state index in [4.69, 9.17) is 10.9 Å². The van der Waals surface area contributed by atoms with Crippen molar-refractivity contribution in [3.05, 3.63) is 17.5 Å². The number of nitrogens with zero attached hydrogens (tertiary/aromatic N) is 4. The molecule has 2 aliphatic rings. The second-order valence-corrected chi connectivity index (χ2v) is 6.13. The van der Waals surface area contributed by atoms with Crippen molar-refractivity contribution in [2.45, 2.75) is 51.5 Å². The van der Waals surface area contributed by atoms with Gasteiger partial charge in [0, 0.05) is 18.3 Å². The van der Waals surface area contributed by atoms with Gasteiger partial charge in [0.25, 0.3) is 0 Å². The van der Waals surface area contributed by atoms with E-state index in [0.717, 1.165) is 24.1 Å². The molecule has 1 aliphatic heterocycles. The highest BCUT2D eigenvalue weighted by Gasteiger charge is 2.34. The summed E-state index contributed by atoms with van der Waals surface area (Å²) in [4.78, 5) is 11.4. The summed E-state index contributed by atoms with van der Waals surface area (Å²) in [7, 11) is 0. The minimum absolute atomic E-state index is 0.0402. The van der Waals surface area contributed by atoms with Gasteiger partial charge in [-0.2, -0.15) is 0 Å². The van der Waals surface area contributed by atoms with Gasteiger partial charge in [-0.1, -0.05) is 18.0 Å². The summed E-state index contributed by atoms with van der Waals surface area (Å²) in [5.41, 5.74) is 7.02. The normalized spacial score (nSPS) is 24.0. The van der Waals surface area contributed by atoms with Crippen molar-refractivity contribution >= 4 is 11.8 Å². The Labute approximate surface area is 125 Å². The van der Waals surface area contributed by atoms with Gasteiger partial charge in [0.1, 0.15) is 5.69 Å². The number of anilines is 1. The summed E-state index contributed by atoms with van der Waals surface area (Å²) in [6, 6.07) is 2.30. The van der Waals surface area contributed by atoms with E-state index in [-0.39, 0.29) is 5.84 Å². The Morgan fingerprint density at radius 2 is 2.05 bits per heavy atom. The Balaban J connectivity index is 1.89. The molecule has 21 heavy (non-hydrogen) atoms. The van der Waals surface area contributed by atoms with Crippen LogP contribution in [-0.2, 0) is 0 Å². The Bertz CT molecular complexity index is 539. The molecule has 6 nitrogen and oxygen atoms in total. The van der Waals surface area contributed by atoms with Crippen molar-refractivity contribution < 1.29 is 5.21 Å². The third-order valence-electron chi connectivity index (χ3n) is 4.71. The SMILES string of the molecule is Cc1cc(/C(N)=N/O)nc(N2CCCC2C2CCCC2)n1.